The summed E-state index contributed by atoms with van der Waals surface area (Å²) < 4.78 is 0. The van der Waals surface area contributed by atoms with Crippen molar-refractivity contribution in [2.45, 2.75) is 25.3 Å². The fraction of sp³-hybridized carbons (Fsp3) is 0.600. The van der Waals surface area contributed by atoms with E-state index in [1.54, 1.807) is 0 Å². The molecule has 84 valence electrons. The van der Waals surface area contributed by atoms with Gasteiger partial charge >= 0.3 is 5.97 Å². The van der Waals surface area contributed by atoms with Crippen LogP contribution in [0.5, 0.6) is 0 Å². The topological polar surface area (TPSA) is 86.6 Å². The Hall–Kier alpha value is -1.36. The highest BCUT2D eigenvalue weighted by molar-refractivity contribution is 5.83. The lowest BCUT2D eigenvalue weighted by molar-refractivity contribution is -0.143. The number of carboxylic acid groups (broad SMARTS) is 1. The summed E-state index contributed by atoms with van der Waals surface area (Å²) in [6.07, 6.45) is 6.18. The van der Waals surface area contributed by atoms with Crippen LogP contribution in [0.25, 0.3) is 0 Å². The number of carboxylic acids is 1. The minimum absolute atomic E-state index is 0.207. The molecule has 0 aromatic rings. The molecule has 2 unspecified atom stereocenters. The summed E-state index contributed by atoms with van der Waals surface area (Å²) in [7, 11) is 0. The SMILES string of the molecule is O=C(CC1C=CCC1)NC(CO)C(=O)O. The van der Waals surface area contributed by atoms with E-state index in [4.69, 9.17) is 10.2 Å². The van der Waals surface area contributed by atoms with Gasteiger partial charge in [0.25, 0.3) is 0 Å². The molecule has 1 aliphatic carbocycles. The molecule has 2 atom stereocenters. The first kappa shape index (κ1) is 11.7. The average Bonchev–Trinajstić information content (AvgIpc) is 2.66. The van der Waals surface area contributed by atoms with Gasteiger partial charge in [-0.15, -0.1) is 0 Å². The molecule has 0 aromatic heterocycles. The van der Waals surface area contributed by atoms with E-state index in [-0.39, 0.29) is 11.8 Å². The monoisotopic (exact) mass is 213 g/mol. The number of hydrogen-bond acceptors (Lipinski definition) is 3. The number of rotatable bonds is 5. The maximum absolute atomic E-state index is 11.4. The molecule has 1 amide bonds. The summed E-state index contributed by atoms with van der Waals surface area (Å²) in [5.41, 5.74) is 0. The van der Waals surface area contributed by atoms with Crippen molar-refractivity contribution in [1.82, 2.24) is 5.32 Å². The van der Waals surface area contributed by atoms with Gasteiger partial charge in [0.2, 0.25) is 5.91 Å². The smallest absolute Gasteiger partial charge is 0.328 e. The summed E-state index contributed by atoms with van der Waals surface area (Å²) in [4.78, 5) is 21.9. The normalized spacial score (nSPS) is 21.3. The van der Waals surface area contributed by atoms with E-state index in [0.29, 0.717) is 6.42 Å². The fourth-order valence-electron chi connectivity index (χ4n) is 1.54. The number of allylic oxidation sites excluding steroid dienone is 2. The van der Waals surface area contributed by atoms with Crippen molar-refractivity contribution in [3.05, 3.63) is 12.2 Å². The Balaban J connectivity index is 2.33. The first-order valence-corrected chi connectivity index (χ1v) is 4.93. The number of carbonyl (C=O) groups is 2. The van der Waals surface area contributed by atoms with Crippen LogP contribution in [0.3, 0.4) is 0 Å². The summed E-state index contributed by atoms with van der Waals surface area (Å²) in [6, 6.07) is -1.19. The van der Waals surface area contributed by atoms with Gasteiger partial charge in [-0.25, -0.2) is 4.79 Å². The molecule has 0 bridgehead atoms. The molecule has 5 nitrogen and oxygen atoms in total. The van der Waals surface area contributed by atoms with Crippen LogP contribution in [0.1, 0.15) is 19.3 Å². The Labute approximate surface area is 87.8 Å². The van der Waals surface area contributed by atoms with Crippen molar-refractivity contribution in [2.75, 3.05) is 6.61 Å². The van der Waals surface area contributed by atoms with Gasteiger partial charge in [-0.05, 0) is 18.8 Å². The van der Waals surface area contributed by atoms with Crippen LogP contribution < -0.4 is 5.32 Å². The van der Waals surface area contributed by atoms with Crippen LogP contribution in [-0.4, -0.2) is 34.7 Å². The van der Waals surface area contributed by atoms with Crippen molar-refractivity contribution < 1.29 is 19.8 Å². The second-order valence-corrected chi connectivity index (χ2v) is 3.61. The summed E-state index contributed by atoms with van der Waals surface area (Å²) in [5.74, 6) is -1.33. The quantitative estimate of drug-likeness (QED) is 0.557. The van der Waals surface area contributed by atoms with Crippen LogP contribution in [0.15, 0.2) is 12.2 Å². The predicted octanol–water partition coefficient (Wildman–Crippen LogP) is -0.0956. The van der Waals surface area contributed by atoms with Gasteiger partial charge in [-0.3, -0.25) is 4.79 Å². The maximum Gasteiger partial charge on any atom is 0.328 e. The molecule has 0 saturated heterocycles. The molecule has 0 heterocycles. The largest absolute Gasteiger partial charge is 0.480 e. The van der Waals surface area contributed by atoms with Crippen LogP contribution in [0, 0.1) is 5.92 Å². The molecule has 1 aliphatic rings. The summed E-state index contributed by atoms with van der Waals surface area (Å²) in [5, 5.41) is 19.6. The number of nitrogens with one attached hydrogen (secondary N) is 1. The van der Waals surface area contributed by atoms with Gasteiger partial charge in [0, 0.05) is 6.42 Å². The second-order valence-electron chi connectivity index (χ2n) is 3.61. The van der Waals surface area contributed by atoms with Gasteiger partial charge in [0.1, 0.15) is 6.04 Å². The second kappa shape index (κ2) is 5.50. The standard InChI is InChI=1S/C10H15NO4/c12-6-8(10(14)15)11-9(13)5-7-3-1-2-4-7/h1,3,7-8,12H,2,4-6H2,(H,11,13)(H,14,15). The molecule has 3 N–H and O–H groups in total. The molecule has 0 fully saturated rings. The van der Waals surface area contributed by atoms with Gasteiger partial charge in [-0.2, -0.15) is 0 Å². The highest BCUT2D eigenvalue weighted by Gasteiger charge is 2.20. The molecule has 1 rings (SSSR count). The molecule has 0 radical (unpaired) electrons. The van der Waals surface area contributed by atoms with Gasteiger partial charge < -0.3 is 15.5 Å². The molecular formula is C10H15NO4. The molecule has 0 aromatic carbocycles. The van der Waals surface area contributed by atoms with Gasteiger partial charge in [0.05, 0.1) is 6.61 Å². The van der Waals surface area contributed by atoms with Crippen LogP contribution >= 0.6 is 0 Å². The molecular weight excluding hydrogens is 198 g/mol. The van der Waals surface area contributed by atoms with Gasteiger partial charge in [0.15, 0.2) is 0 Å². The lowest BCUT2D eigenvalue weighted by Crippen LogP contribution is -2.43. The van der Waals surface area contributed by atoms with E-state index < -0.39 is 18.6 Å². The Bertz CT molecular complexity index is 275. The van der Waals surface area contributed by atoms with Crippen molar-refractivity contribution in [3.8, 4) is 0 Å². The van der Waals surface area contributed by atoms with Crippen LogP contribution in [-0.2, 0) is 9.59 Å². The van der Waals surface area contributed by atoms with Crippen molar-refractivity contribution in [1.29, 1.82) is 0 Å². The minimum Gasteiger partial charge on any atom is -0.480 e. The summed E-state index contributed by atoms with van der Waals surface area (Å²) >= 11 is 0. The predicted molar refractivity (Wildman–Crippen MR) is 53.1 cm³/mol. The van der Waals surface area contributed by atoms with E-state index in [1.165, 1.54) is 0 Å². The Kier molecular flexibility index (Phi) is 4.30. The third-order valence-corrected chi connectivity index (χ3v) is 2.38. The third-order valence-electron chi connectivity index (χ3n) is 2.38. The van der Waals surface area contributed by atoms with Crippen molar-refractivity contribution >= 4 is 11.9 Å². The van der Waals surface area contributed by atoms with E-state index in [1.807, 2.05) is 12.2 Å². The molecule has 0 saturated carbocycles. The molecule has 0 aliphatic heterocycles. The van der Waals surface area contributed by atoms with E-state index in [9.17, 15) is 9.59 Å². The number of amides is 1. The first-order chi connectivity index (χ1) is 7.13. The number of carbonyl (C=O) groups excluding carboxylic acids is 1. The number of aliphatic hydroxyl groups excluding tert-OH is 1. The zero-order valence-corrected chi connectivity index (χ0v) is 8.35. The van der Waals surface area contributed by atoms with Gasteiger partial charge in [-0.1, -0.05) is 12.2 Å². The van der Waals surface area contributed by atoms with Crippen LogP contribution in [0.4, 0.5) is 0 Å². The first-order valence-electron chi connectivity index (χ1n) is 4.93. The maximum atomic E-state index is 11.4. The zero-order chi connectivity index (χ0) is 11.3. The number of aliphatic hydroxyl groups is 1. The fourth-order valence-corrected chi connectivity index (χ4v) is 1.54. The van der Waals surface area contributed by atoms with E-state index >= 15 is 0 Å². The van der Waals surface area contributed by atoms with Crippen LogP contribution in [0.2, 0.25) is 0 Å². The summed E-state index contributed by atoms with van der Waals surface area (Å²) in [6.45, 7) is -0.582. The Morgan fingerprint density at radius 2 is 2.27 bits per heavy atom. The minimum atomic E-state index is -1.21. The average molecular weight is 213 g/mol. The highest BCUT2D eigenvalue weighted by Crippen LogP contribution is 2.19. The number of aliphatic carboxylic acids is 1. The Morgan fingerprint density at radius 3 is 2.73 bits per heavy atom. The molecule has 5 heteroatoms. The Morgan fingerprint density at radius 1 is 1.53 bits per heavy atom. The zero-order valence-electron chi connectivity index (χ0n) is 8.35. The van der Waals surface area contributed by atoms with Crippen molar-refractivity contribution in [2.24, 2.45) is 5.92 Å². The highest BCUT2D eigenvalue weighted by atomic mass is 16.4. The van der Waals surface area contributed by atoms with Crippen molar-refractivity contribution in [3.63, 3.8) is 0 Å². The molecule has 15 heavy (non-hydrogen) atoms. The third kappa shape index (κ3) is 3.71. The van der Waals surface area contributed by atoms with E-state index in [0.717, 1.165) is 12.8 Å². The number of hydrogen-bond donors (Lipinski definition) is 3. The van der Waals surface area contributed by atoms with E-state index in [2.05, 4.69) is 5.32 Å². The lowest BCUT2D eigenvalue weighted by atomic mass is 10.0. The lowest BCUT2D eigenvalue weighted by Gasteiger charge is -2.13. The molecule has 0 spiro atoms.